The first-order valence-electron chi connectivity index (χ1n) is 10.1. The molecule has 0 aliphatic heterocycles. The second-order valence-corrected chi connectivity index (χ2v) is 7.90. The fourth-order valence-corrected chi connectivity index (χ4v) is 3.48. The van der Waals surface area contributed by atoms with Crippen molar-refractivity contribution in [1.82, 2.24) is 4.98 Å². The van der Waals surface area contributed by atoms with E-state index in [0.717, 1.165) is 12.3 Å². The smallest absolute Gasteiger partial charge is 0.173 e. The Balaban J connectivity index is 1.91. The average Bonchev–Trinajstić information content (AvgIpc) is 2.73. The molecule has 0 radical (unpaired) electrons. The minimum atomic E-state index is 0.296. The average molecular weight is 386 g/mol. The van der Waals surface area contributed by atoms with E-state index in [0.29, 0.717) is 18.4 Å². The first-order valence-corrected chi connectivity index (χ1v) is 10.1. The first-order chi connectivity index (χ1) is 14.0. The lowest BCUT2D eigenvalue weighted by atomic mass is 9.91. The molecule has 0 amide bonds. The van der Waals surface area contributed by atoms with Crippen LogP contribution in [0.1, 0.15) is 56.2 Å². The summed E-state index contributed by atoms with van der Waals surface area (Å²) in [7, 11) is 0. The second-order valence-electron chi connectivity index (χ2n) is 7.90. The Bertz CT molecular complexity index is 954. The molecule has 0 spiro atoms. The lowest BCUT2D eigenvalue weighted by Gasteiger charge is -2.20. The summed E-state index contributed by atoms with van der Waals surface area (Å²) in [6.07, 6.45) is 13.3. The Hall–Kier alpha value is -3.12. The molecule has 0 fully saturated rings. The van der Waals surface area contributed by atoms with Crippen LogP contribution < -0.4 is 9.30 Å². The largest absolute Gasteiger partial charge is 0.480 e. The topological polar surface area (TPSA) is 26.0 Å². The number of benzene rings is 1. The summed E-state index contributed by atoms with van der Waals surface area (Å²) < 4.78 is 8.17. The van der Waals surface area contributed by atoms with Gasteiger partial charge in [-0.1, -0.05) is 33.6 Å². The molecular weight excluding hydrogens is 356 g/mol. The van der Waals surface area contributed by atoms with Gasteiger partial charge in [-0.25, -0.2) is 4.57 Å². The van der Waals surface area contributed by atoms with E-state index in [-0.39, 0.29) is 0 Å². The summed E-state index contributed by atoms with van der Waals surface area (Å²) >= 11 is 0. The maximum absolute atomic E-state index is 5.96. The molecule has 3 heteroatoms. The fourth-order valence-electron chi connectivity index (χ4n) is 3.48. The highest BCUT2D eigenvalue weighted by Crippen LogP contribution is 2.36. The summed E-state index contributed by atoms with van der Waals surface area (Å²) in [6, 6.07) is 12.9. The molecule has 1 aromatic carbocycles. The van der Waals surface area contributed by atoms with E-state index < -0.39 is 0 Å². The molecule has 2 aromatic heterocycles. The molecule has 29 heavy (non-hydrogen) atoms. The van der Waals surface area contributed by atoms with Crippen LogP contribution in [-0.4, -0.2) is 11.6 Å². The standard InChI is InChI=1S/C26H29N2O/c1-6-15-29-26-24(19(2)3)16-21(17-25(26)20(4)5)18-28-13-9-23(10-14-28)22-7-11-27-12-8-22/h1,7-14,16-17,19-20H,15,18H2,2-5H3/q+1. The summed E-state index contributed by atoms with van der Waals surface area (Å²) in [5.74, 6) is 4.27. The van der Waals surface area contributed by atoms with Gasteiger partial charge in [0.15, 0.2) is 18.9 Å². The first kappa shape index (κ1) is 20.6. The van der Waals surface area contributed by atoms with Gasteiger partial charge >= 0.3 is 0 Å². The van der Waals surface area contributed by atoms with Crippen molar-refractivity contribution in [1.29, 1.82) is 0 Å². The van der Waals surface area contributed by atoms with Crippen molar-refractivity contribution in [2.24, 2.45) is 0 Å². The summed E-state index contributed by atoms with van der Waals surface area (Å²) in [5, 5.41) is 0. The lowest BCUT2D eigenvalue weighted by Crippen LogP contribution is -2.33. The van der Waals surface area contributed by atoms with Crippen LogP contribution in [0.5, 0.6) is 5.75 Å². The van der Waals surface area contributed by atoms with Crippen LogP contribution in [0.15, 0.2) is 61.2 Å². The van der Waals surface area contributed by atoms with Crippen molar-refractivity contribution in [2.75, 3.05) is 6.61 Å². The third kappa shape index (κ3) is 5.03. The van der Waals surface area contributed by atoms with Gasteiger partial charge in [-0.15, -0.1) is 6.42 Å². The van der Waals surface area contributed by atoms with Crippen LogP contribution >= 0.6 is 0 Å². The molecule has 0 aliphatic rings. The molecule has 0 aliphatic carbocycles. The van der Waals surface area contributed by atoms with Crippen LogP contribution in [0, 0.1) is 12.3 Å². The zero-order valence-electron chi connectivity index (χ0n) is 17.7. The molecule has 3 rings (SSSR count). The molecule has 3 nitrogen and oxygen atoms in total. The van der Waals surface area contributed by atoms with Crippen molar-refractivity contribution >= 4 is 0 Å². The van der Waals surface area contributed by atoms with E-state index in [1.54, 1.807) is 0 Å². The van der Waals surface area contributed by atoms with Gasteiger partial charge < -0.3 is 4.74 Å². The number of aromatic nitrogens is 2. The normalized spacial score (nSPS) is 10.9. The van der Waals surface area contributed by atoms with E-state index in [4.69, 9.17) is 11.2 Å². The molecule has 148 valence electrons. The highest BCUT2D eigenvalue weighted by Gasteiger charge is 2.18. The van der Waals surface area contributed by atoms with E-state index >= 15 is 0 Å². The summed E-state index contributed by atoms with van der Waals surface area (Å²) in [5.41, 5.74) is 6.07. The number of hydrogen-bond donors (Lipinski definition) is 0. The predicted octanol–water partition coefficient (Wildman–Crippen LogP) is 5.34. The lowest BCUT2D eigenvalue weighted by molar-refractivity contribution is -0.688. The molecule has 3 aromatic rings. The van der Waals surface area contributed by atoms with E-state index in [1.807, 2.05) is 24.5 Å². The predicted molar refractivity (Wildman–Crippen MR) is 118 cm³/mol. The van der Waals surface area contributed by atoms with Crippen molar-refractivity contribution < 1.29 is 9.30 Å². The Kier molecular flexibility index (Phi) is 6.67. The van der Waals surface area contributed by atoms with Crippen LogP contribution in [0.3, 0.4) is 0 Å². The Morgan fingerprint density at radius 1 is 0.931 bits per heavy atom. The number of rotatable bonds is 7. The van der Waals surface area contributed by atoms with Gasteiger partial charge in [0.2, 0.25) is 0 Å². The molecule has 2 heterocycles. The molecular formula is C26H29N2O+. The van der Waals surface area contributed by atoms with Crippen molar-refractivity contribution in [3.05, 3.63) is 77.9 Å². The van der Waals surface area contributed by atoms with Gasteiger partial charge in [-0.05, 0) is 58.4 Å². The third-order valence-electron chi connectivity index (χ3n) is 5.02. The third-order valence-corrected chi connectivity index (χ3v) is 5.02. The maximum Gasteiger partial charge on any atom is 0.173 e. The Labute approximate surface area is 174 Å². The molecule has 0 atom stereocenters. The van der Waals surface area contributed by atoms with Gasteiger partial charge in [0.1, 0.15) is 12.4 Å². The fraction of sp³-hybridized carbons (Fsp3) is 0.308. The van der Waals surface area contributed by atoms with Gasteiger partial charge in [-0.2, -0.15) is 0 Å². The summed E-state index contributed by atoms with van der Waals surface area (Å²) in [6.45, 7) is 9.89. The number of ether oxygens (including phenoxy) is 1. The SMILES string of the molecule is C#CCOc1c(C(C)C)cc(C[n+]2ccc(-c3ccncc3)cc2)cc1C(C)C. The quantitative estimate of drug-likeness (QED) is 0.405. The monoisotopic (exact) mass is 385 g/mol. The minimum Gasteiger partial charge on any atom is -0.480 e. The van der Waals surface area contributed by atoms with Crippen molar-refractivity contribution in [2.45, 2.75) is 46.1 Å². The highest BCUT2D eigenvalue weighted by atomic mass is 16.5. The molecule has 0 bridgehead atoms. The van der Waals surface area contributed by atoms with Gasteiger partial charge in [0.25, 0.3) is 0 Å². The summed E-state index contributed by atoms with van der Waals surface area (Å²) in [4.78, 5) is 4.09. The number of pyridine rings is 2. The number of nitrogens with zero attached hydrogens (tertiary/aromatic N) is 2. The molecule has 0 unspecified atom stereocenters. The van der Waals surface area contributed by atoms with Gasteiger partial charge in [-0.3, -0.25) is 4.98 Å². The number of hydrogen-bond acceptors (Lipinski definition) is 2. The highest BCUT2D eigenvalue weighted by molar-refractivity contribution is 5.61. The maximum atomic E-state index is 5.96. The zero-order valence-corrected chi connectivity index (χ0v) is 17.7. The zero-order chi connectivity index (χ0) is 20.8. The Morgan fingerprint density at radius 2 is 1.48 bits per heavy atom. The van der Waals surface area contributed by atoms with Crippen LogP contribution in [0.4, 0.5) is 0 Å². The minimum absolute atomic E-state index is 0.296. The molecule has 0 N–H and O–H groups in total. The van der Waals surface area contributed by atoms with E-state index in [1.165, 1.54) is 27.8 Å². The van der Waals surface area contributed by atoms with Crippen molar-refractivity contribution in [3.8, 4) is 29.2 Å². The second kappa shape index (κ2) is 9.39. The molecule has 0 saturated heterocycles. The van der Waals surface area contributed by atoms with Crippen LogP contribution in [0.2, 0.25) is 0 Å². The Morgan fingerprint density at radius 3 is 2.00 bits per heavy atom. The van der Waals surface area contributed by atoms with Gasteiger partial charge in [0.05, 0.1) is 0 Å². The molecule has 0 saturated carbocycles. The van der Waals surface area contributed by atoms with Crippen LogP contribution in [0.25, 0.3) is 11.1 Å². The van der Waals surface area contributed by atoms with Crippen LogP contribution in [-0.2, 0) is 6.54 Å². The van der Waals surface area contributed by atoms with E-state index in [2.05, 4.69) is 79.8 Å². The van der Waals surface area contributed by atoms with E-state index in [9.17, 15) is 0 Å². The number of terminal acetylenes is 1. The van der Waals surface area contributed by atoms with Crippen molar-refractivity contribution in [3.63, 3.8) is 0 Å². The van der Waals surface area contributed by atoms with Gasteiger partial charge in [0, 0.05) is 30.1 Å².